The van der Waals surface area contributed by atoms with Gasteiger partial charge >= 0.3 is 5.97 Å². The zero-order chi connectivity index (χ0) is 18.6. The topological polar surface area (TPSA) is 95.5 Å². The standard InChI is InChI=1S/C19H24N2O4/c1-19(2,3)21-17(23)14-10-6-7-11-15(14)20-16(22)12-8-4-5-9-13(12)18(24)25/h4-7,10-13H,8-9H2,1-3H3,(H,20,22)(H,21,23)(H,24,25)/t12-,13-/m1/s1. The Morgan fingerprint density at radius 1 is 1.04 bits per heavy atom. The summed E-state index contributed by atoms with van der Waals surface area (Å²) in [7, 11) is 0. The number of carboxylic acid groups (broad SMARTS) is 1. The van der Waals surface area contributed by atoms with Gasteiger partial charge in [-0.2, -0.15) is 0 Å². The highest BCUT2D eigenvalue weighted by Crippen LogP contribution is 2.28. The molecule has 0 unspecified atom stereocenters. The van der Waals surface area contributed by atoms with Gasteiger partial charge in [0.05, 0.1) is 23.1 Å². The normalized spacial score (nSPS) is 20.0. The van der Waals surface area contributed by atoms with E-state index in [4.69, 9.17) is 0 Å². The van der Waals surface area contributed by atoms with Crippen LogP contribution in [0.3, 0.4) is 0 Å². The van der Waals surface area contributed by atoms with Crippen LogP contribution in [0.1, 0.15) is 44.0 Å². The third-order valence-electron chi connectivity index (χ3n) is 4.00. The molecule has 1 aliphatic rings. The lowest BCUT2D eigenvalue weighted by Crippen LogP contribution is -2.41. The van der Waals surface area contributed by atoms with Gasteiger partial charge in [0.2, 0.25) is 5.91 Å². The third-order valence-corrected chi connectivity index (χ3v) is 4.00. The molecule has 25 heavy (non-hydrogen) atoms. The molecule has 0 bridgehead atoms. The van der Waals surface area contributed by atoms with Gasteiger partial charge in [-0.1, -0.05) is 24.3 Å². The van der Waals surface area contributed by atoms with Crippen molar-refractivity contribution in [2.24, 2.45) is 11.8 Å². The largest absolute Gasteiger partial charge is 0.481 e. The number of allylic oxidation sites excluding steroid dienone is 2. The molecule has 0 saturated heterocycles. The minimum absolute atomic E-state index is 0.290. The number of rotatable bonds is 4. The molecule has 0 spiro atoms. The molecule has 6 heteroatoms. The summed E-state index contributed by atoms with van der Waals surface area (Å²) in [4.78, 5) is 36.4. The molecule has 0 heterocycles. The summed E-state index contributed by atoms with van der Waals surface area (Å²) in [5, 5.41) is 14.9. The molecule has 1 aromatic carbocycles. The zero-order valence-corrected chi connectivity index (χ0v) is 14.7. The second-order valence-electron chi connectivity index (χ2n) is 7.23. The highest BCUT2D eigenvalue weighted by atomic mass is 16.4. The highest BCUT2D eigenvalue weighted by molar-refractivity contribution is 6.05. The van der Waals surface area contributed by atoms with Crippen molar-refractivity contribution in [3.63, 3.8) is 0 Å². The SMILES string of the molecule is CC(C)(C)NC(=O)c1ccccc1NC(=O)[C@@H]1CC=CC[C@H]1C(=O)O. The molecule has 0 aliphatic heterocycles. The van der Waals surface area contributed by atoms with E-state index in [2.05, 4.69) is 10.6 Å². The van der Waals surface area contributed by atoms with E-state index in [1.807, 2.05) is 26.8 Å². The molecule has 2 rings (SSSR count). The minimum Gasteiger partial charge on any atom is -0.481 e. The monoisotopic (exact) mass is 344 g/mol. The van der Waals surface area contributed by atoms with E-state index in [1.54, 1.807) is 30.3 Å². The first kappa shape index (κ1) is 18.7. The number of amides is 2. The molecule has 134 valence electrons. The predicted molar refractivity (Wildman–Crippen MR) is 95.3 cm³/mol. The maximum atomic E-state index is 12.6. The van der Waals surface area contributed by atoms with E-state index in [1.165, 1.54) is 0 Å². The Balaban J connectivity index is 2.20. The summed E-state index contributed by atoms with van der Waals surface area (Å²) in [5.74, 6) is -3.06. The van der Waals surface area contributed by atoms with Crippen LogP contribution in [0.15, 0.2) is 36.4 Å². The first-order valence-electron chi connectivity index (χ1n) is 8.29. The van der Waals surface area contributed by atoms with Gasteiger partial charge < -0.3 is 15.7 Å². The number of carbonyl (C=O) groups excluding carboxylic acids is 2. The second kappa shape index (κ2) is 7.51. The van der Waals surface area contributed by atoms with Crippen molar-refractivity contribution in [2.45, 2.75) is 39.2 Å². The summed E-state index contributed by atoms with van der Waals surface area (Å²) in [5.41, 5.74) is 0.327. The fourth-order valence-corrected chi connectivity index (χ4v) is 2.80. The number of aliphatic carboxylic acids is 1. The Morgan fingerprint density at radius 3 is 2.24 bits per heavy atom. The molecule has 0 aromatic heterocycles. The summed E-state index contributed by atoms with van der Waals surface area (Å²) in [6.45, 7) is 5.62. The average Bonchev–Trinajstić information content (AvgIpc) is 2.53. The van der Waals surface area contributed by atoms with Crippen molar-refractivity contribution in [1.29, 1.82) is 0 Å². The fourth-order valence-electron chi connectivity index (χ4n) is 2.80. The van der Waals surface area contributed by atoms with Crippen LogP contribution in [0.5, 0.6) is 0 Å². The lowest BCUT2D eigenvalue weighted by atomic mass is 9.82. The van der Waals surface area contributed by atoms with Crippen LogP contribution >= 0.6 is 0 Å². The summed E-state index contributed by atoms with van der Waals surface area (Å²) < 4.78 is 0. The van der Waals surface area contributed by atoms with Gasteiger partial charge in [0, 0.05) is 5.54 Å². The number of carbonyl (C=O) groups is 3. The molecule has 1 aromatic rings. The lowest BCUT2D eigenvalue weighted by Gasteiger charge is -2.25. The van der Waals surface area contributed by atoms with Crippen LogP contribution in [0.2, 0.25) is 0 Å². The Hall–Kier alpha value is -2.63. The second-order valence-corrected chi connectivity index (χ2v) is 7.23. The number of hydrogen-bond donors (Lipinski definition) is 3. The van der Waals surface area contributed by atoms with E-state index >= 15 is 0 Å². The fraction of sp³-hybridized carbons (Fsp3) is 0.421. The number of anilines is 1. The third kappa shape index (κ3) is 4.92. The van der Waals surface area contributed by atoms with Crippen LogP contribution in [-0.4, -0.2) is 28.4 Å². The van der Waals surface area contributed by atoms with Crippen LogP contribution in [0.4, 0.5) is 5.69 Å². The van der Waals surface area contributed by atoms with Crippen molar-refractivity contribution < 1.29 is 19.5 Å². The molecule has 3 N–H and O–H groups in total. The minimum atomic E-state index is -0.983. The van der Waals surface area contributed by atoms with Gasteiger partial charge in [0.25, 0.3) is 5.91 Å². The zero-order valence-electron chi connectivity index (χ0n) is 14.7. The van der Waals surface area contributed by atoms with E-state index in [0.717, 1.165) is 0 Å². The lowest BCUT2D eigenvalue weighted by molar-refractivity contribution is -0.146. The van der Waals surface area contributed by atoms with Gasteiger partial charge in [-0.3, -0.25) is 14.4 Å². The van der Waals surface area contributed by atoms with Crippen molar-refractivity contribution in [3.8, 4) is 0 Å². The maximum Gasteiger partial charge on any atom is 0.307 e. The Morgan fingerprint density at radius 2 is 1.64 bits per heavy atom. The van der Waals surface area contributed by atoms with Gasteiger partial charge in [0.1, 0.15) is 0 Å². The Kier molecular flexibility index (Phi) is 5.62. The van der Waals surface area contributed by atoms with Crippen molar-refractivity contribution >= 4 is 23.5 Å². The van der Waals surface area contributed by atoms with E-state index in [-0.39, 0.29) is 11.8 Å². The molecule has 1 aliphatic carbocycles. The number of benzene rings is 1. The maximum absolute atomic E-state index is 12.6. The van der Waals surface area contributed by atoms with Crippen LogP contribution in [-0.2, 0) is 9.59 Å². The van der Waals surface area contributed by atoms with Gasteiger partial charge in [0.15, 0.2) is 0 Å². The smallest absolute Gasteiger partial charge is 0.307 e. The Labute approximate surface area is 147 Å². The highest BCUT2D eigenvalue weighted by Gasteiger charge is 2.34. The number of nitrogens with one attached hydrogen (secondary N) is 2. The first-order chi connectivity index (χ1) is 11.7. The van der Waals surface area contributed by atoms with Crippen molar-refractivity contribution in [3.05, 3.63) is 42.0 Å². The average molecular weight is 344 g/mol. The first-order valence-corrected chi connectivity index (χ1v) is 8.29. The van der Waals surface area contributed by atoms with E-state index in [0.29, 0.717) is 24.1 Å². The molecule has 0 radical (unpaired) electrons. The quantitative estimate of drug-likeness (QED) is 0.732. The van der Waals surface area contributed by atoms with Gasteiger partial charge in [-0.25, -0.2) is 0 Å². The molecule has 6 nitrogen and oxygen atoms in total. The van der Waals surface area contributed by atoms with E-state index in [9.17, 15) is 19.5 Å². The molecular formula is C19H24N2O4. The number of hydrogen-bond acceptors (Lipinski definition) is 3. The van der Waals surface area contributed by atoms with Crippen molar-refractivity contribution in [1.82, 2.24) is 5.32 Å². The number of para-hydroxylation sites is 1. The van der Waals surface area contributed by atoms with Crippen LogP contribution < -0.4 is 10.6 Å². The van der Waals surface area contributed by atoms with Crippen LogP contribution in [0, 0.1) is 11.8 Å². The van der Waals surface area contributed by atoms with Crippen LogP contribution in [0.25, 0.3) is 0 Å². The molecule has 2 amide bonds. The molecule has 0 fully saturated rings. The van der Waals surface area contributed by atoms with Crippen molar-refractivity contribution in [2.75, 3.05) is 5.32 Å². The summed E-state index contributed by atoms with van der Waals surface area (Å²) in [6.07, 6.45) is 4.31. The Bertz CT molecular complexity index is 704. The van der Waals surface area contributed by atoms with Gasteiger partial charge in [-0.15, -0.1) is 0 Å². The van der Waals surface area contributed by atoms with Gasteiger partial charge in [-0.05, 0) is 45.7 Å². The molecular weight excluding hydrogens is 320 g/mol. The van der Waals surface area contributed by atoms with E-state index < -0.39 is 23.3 Å². The predicted octanol–water partition coefficient (Wildman–Crippen LogP) is 2.82. The molecule has 2 atom stereocenters. The summed E-state index contributed by atoms with van der Waals surface area (Å²) in [6, 6.07) is 6.71. The molecule has 0 saturated carbocycles. The summed E-state index contributed by atoms with van der Waals surface area (Å²) >= 11 is 0. The number of carboxylic acids is 1.